The average Bonchev–Trinajstić information content (AvgIpc) is 2.27. The second kappa shape index (κ2) is 4.47. The highest BCUT2D eigenvalue weighted by Gasteiger charge is 2.33. The summed E-state index contributed by atoms with van der Waals surface area (Å²) < 4.78 is 0. The average molecular weight is 212 g/mol. The molecule has 2 atom stereocenters. The van der Waals surface area contributed by atoms with Crippen LogP contribution in [0.5, 0.6) is 0 Å². The summed E-state index contributed by atoms with van der Waals surface area (Å²) in [6.45, 7) is 1.17. The van der Waals surface area contributed by atoms with Crippen molar-refractivity contribution in [3.05, 3.63) is 0 Å². The Labute approximate surface area is 92.0 Å². The number of thiocarbonyl (C=S) groups is 1. The van der Waals surface area contributed by atoms with Gasteiger partial charge >= 0.3 is 0 Å². The van der Waals surface area contributed by atoms with E-state index >= 15 is 0 Å². The van der Waals surface area contributed by atoms with Crippen LogP contribution in [-0.4, -0.2) is 29.6 Å². The summed E-state index contributed by atoms with van der Waals surface area (Å²) in [5, 5.41) is 4.08. The summed E-state index contributed by atoms with van der Waals surface area (Å²) in [5.41, 5.74) is 0. The largest absolute Gasteiger partial charge is 0.366 e. The smallest absolute Gasteiger partial charge is 0.168 e. The normalized spacial score (nSPS) is 32.2. The number of fused-ring (bicyclic) bond motifs is 1. The van der Waals surface area contributed by atoms with Crippen LogP contribution in [0.15, 0.2) is 0 Å². The second-order valence-electron chi connectivity index (χ2n) is 4.50. The van der Waals surface area contributed by atoms with E-state index in [4.69, 9.17) is 12.2 Å². The molecule has 0 bridgehead atoms. The number of piperidine rings is 1. The van der Waals surface area contributed by atoms with Crippen molar-refractivity contribution in [1.82, 2.24) is 10.2 Å². The van der Waals surface area contributed by atoms with Crippen LogP contribution in [0.2, 0.25) is 0 Å². The van der Waals surface area contributed by atoms with Gasteiger partial charge in [-0.2, -0.15) is 0 Å². The van der Waals surface area contributed by atoms with Crippen LogP contribution < -0.4 is 5.32 Å². The molecule has 0 amide bonds. The molecule has 1 N–H and O–H groups in total. The SMILES string of the molecule is CNC(=S)N1CCC[C@H]2CCCC[C@@H]21. The maximum atomic E-state index is 5.36. The third-order valence-corrected chi connectivity index (χ3v) is 4.16. The van der Waals surface area contributed by atoms with Gasteiger partial charge in [-0.15, -0.1) is 0 Å². The van der Waals surface area contributed by atoms with Crippen molar-refractivity contribution in [2.75, 3.05) is 13.6 Å². The topological polar surface area (TPSA) is 15.3 Å². The van der Waals surface area contributed by atoms with Crippen LogP contribution >= 0.6 is 12.2 Å². The lowest BCUT2D eigenvalue weighted by atomic mass is 9.78. The maximum Gasteiger partial charge on any atom is 0.168 e. The zero-order valence-corrected chi connectivity index (χ0v) is 9.78. The van der Waals surface area contributed by atoms with E-state index in [1.807, 2.05) is 7.05 Å². The first-order valence-corrected chi connectivity index (χ1v) is 6.22. The quantitative estimate of drug-likeness (QED) is 0.619. The Bertz CT molecular complexity index is 215. The van der Waals surface area contributed by atoms with Gasteiger partial charge in [0.15, 0.2) is 5.11 Å². The lowest BCUT2D eigenvalue weighted by molar-refractivity contribution is 0.119. The van der Waals surface area contributed by atoms with Crippen LogP contribution in [0.3, 0.4) is 0 Å². The zero-order chi connectivity index (χ0) is 9.97. The van der Waals surface area contributed by atoms with E-state index in [1.54, 1.807) is 0 Å². The van der Waals surface area contributed by atoms with Crippen LogP contribution in [0.4, 0.5) is 0 Å². The fourth-order valence-electron chi connectivity index (χ4n) is 3.02. The standard InChI is InChI=1S/C11H20N2S/c1-12-11(14)13-8-4-6-9-5-2-3-7-10(9)13/h9-10H,2-8H2,1H3,(H,12,14)/t9-,10+/m1/s1. The first-order valence-electron chi connectivity index (χ1n) is 5.81. The molecular weight excluding hydrogens is 192 g/mol. The second-order valence-corrected chi connectivity index (χ2v) is 4.89. The maximum absolute atomic E-state index is 5.36. The van der Waals surface area contributed by atoms with Crippen molar-refractivity contribution in [3.8, 4) is 0 Å². The van der Waals surface area contributed by atoms with Gasteiger partial charge in [-0.3, -0.25) is 0 Å². The van der Waals surface area contributed by atoms with E-state index in [0.29, 0.717) is 0 Å². The van der Waals surface area contributed by atoms with E-state index in [1.165, 1.54) is 45.1 Å². The molecule has 2 rings (SSSR count). The number of likely N-dealkylation sites (tertiary alicyclic amines) is 1. The summed E-state index contributed by atoms with van der Waals surface area (Å²) in [5.74, 6) is 0.920. The Balaban J connectivity index is 2.04. The fraction of sp³-hybridized carbons (Fsp3) is 0.909. The number of rotatable bonds is 0. The molecule has 0 aromatic rings. The summed E-state index contributed by atoms with van der Waals surface area (Å²) >= 11 is 5.36. The summed E-state index contributed by atoms with van der Waals surface area (Å²) in [7, 11) is 1.94. The van der Waals surface area contributed by atoms with Crippen molar-refractivity contribution < 1.29 is 0 Å². The molecule has 1 saturated heterocycles. The predicted molar refractivity (Wildman–Crippen MR) is 63.3 cm³/mol. The number of nitrogens with zero attached hydrogens (tertiary/aromatic N) is 1. The van der Waals surface area contributed by atoms with Crippen LogP contribution in [0.1, 0.15) is 38.5 Å². The Hall–Kier alpha value is -0.310. The van der Waals surface area contributed by atoms with Crippen molar-refractivity contribution in [1.29, 1.82) is 0 Å². The van der Waals surface area contributed by atoms with E-state index in [-0.39, 0.29) is 0 Å². The molecule has 1 saturated carbocycles. The monoisotopic (exact) mass is 212 g/mol. The minimum Gasteiger partial charge on any atom is -0.366 e. The van der Waals surface area contributed by atoms with Crippen molar-refractivity contribution in [2.24, 2.45) is 5.92 Å². The van der Waals surface area contributed by atoms with Crippen LogP contribution in [0, 0.1) is 5.92 Å². The third-order valence-electron chi connectivity index (χ3n) is 3.72. The molecule has 0 unspecified atom stereocenters. The van der Waals surface area contributed by atoms with Crippen molar-refractivity contribution >= 4 is 17.3 Å². The van der Waals surface area contributed by atoms with E-state index in [2.05, 4.69) is 10.2 Å². The number of hydrogen-bond donors (Lipinski definition) is 1. The van der Waals surface area contributed by atoms with Crippen LogP contribution in [0.25, 0.3) is 0 Å². The Kier molecular flexibility index (Phi) is 3.26. The van der Waals surface area contributed by atoms with Gasteiger partial charge in [0.1, 0.15) is 0 Å². The number of hydrogen-bond acceptors (Lipinski definition) is 1. The van der Waals surface area contributed by atoms with Gasteiger partial charge in [-0.1, -0.05) is 12.8 Å². The highest BCUT2D eigenvalue weighted by molar-refractivity contribution is 7.80. The Morgan fingerprint density at radius 2 is 1.93 bits per heavy atom. The van der Waals surface area contributed by atoms with Gasteiger partial charge < -0.3 is 10.2 Å². The molecule has 14 heavy (non-hydrogen) atoms. The molecule has 2 aliphatic rings. The molecule has 2 nitrogen and oxygen atoms in total. The van der Waals surface area contributed by atoms with Gasteiger partial charge in [0.05, 0.1) is 0 Å². The molecule has 0 aromatic heterocycles. The lowest BCUT2D eigenvalue weighted by Crippen LogP contribution is -2.52. The molecule has 3 heteroatoms. The lowest BCUT2D eigenvalue weighted by Gasteiger charge is -2.45. The number of nitrogens with one attached hydrogen (secondary N) is 1. The van der Waals surface area contributed by atoms with Gasteiger partial charge in [0.2, 0.25) is 0 Å². The minimum absolute atomic E-state index is 0.748. The molecule has 80 valence electrons. The molecule has 0 spiro atoms. The summed E-state index contributed by atoms with van der Waals surface area (Å²) in [6.07, 6.45) is 8.35. The first-order chi connectivity index (χ1) is 6.83. The van der Waals surface area contributed by atoms with E-state index < -0.39 is 0 Å². The molecule has 1 aliphatic carbocycles. The molecular formula is C11H20N2S. The van der Waals surface area contributed by atoms with Crippen molar-refractivity contribution in [2.45, 2.75) is 44.6 Å². The zero-order valence-electron chi connectivity index (χ0n) is 8.96. The minimum atomic E-state index is 0.748. The van der Waals surface area contributed by atoms with E-state index in [0.717, 1.165) is 17.1 Å². The molecule has 0 radical (unpaired) electrons. The van der Waals surface area contributed by atoms with E-state index in [9.17, 15) is 0 Å². The molecule has 1 aliphatic heterocycles. The van der Waals surface area contributed by atoms with Gasteiger partial charge in [0, 0.05) is 19.6 Å². The fourth-order valence-corrected chi connectivity index (χ4v) is 3.25. The molecule has 1 heterocycles. The van der Waals surface area contributed by atoms with Gasteiger partial charge in [0.25, 0.3) is 0 Å². The summed E-state index contributed by atoms with van der Waals surface area (Å²) in [6, 6.07) is 0.748. The van der Waals surface area contributed by atoms with Crippen LogP contribution in [-0.2, 0) is 0 Å². The van der Waals surface area contributed by atoms with Crippen molar-refractivity contribution in [3.63, 3.8) is 0 Å². The molecule has 0 aromatic carbocycles. The van der Waals surface area contributed by atoms with Gasteiger partial charge in [-0.25, -0.2) is 0 Å². The summed E-state index contributed by atoms with van der Waals surface area (Å²) in [4.78, 5) is 2.43. The molecule has 2 fully saturated rings. The highest BCUT2D eigenvalue weighted by atomic mass is 32.1. The predicted octanol–water partition coefficient (Wildman–Crippen LogP) is 2.15. The third kappa shape index (κ3) is 1.88. The Morgan fingerprint density at radius 3 is 2.71 bits per heavy atom. The highest BCUT2D eigenvalue weighted by Crippen LogP contribution is 2.35. The van der Waals surface area contributed by atoms with Gasteiger partial charge in [-0.05, 0) is 43.8 Å². The first kappa shape index (κ1) is 10.2. The Morgan fingerprint density at radius 1 is 1.21 bits per heavy atom.